The number of anilines is 2. The molecule has 0 aromatic heterocycles. The predicted molar refractivity (Wildman–Crippen MR) is 118 cm³/mol. The van der Waals surface area contributed by atoms with E-state index in [0.717, 1.165) is 6.26 Å². The van der Waals surface area contributed by atoms with Gasteiger partial charge in [0.05, 0.1) is 11.4 Å². The molecule has 0 aliphatic carbocycles. The van der Waals surface area contributed by atoms with Gasteiger partial charge in [0.25, 0.3) is 50.6 Å². The zero-order chi connectivity index (χ0) is 28.2. The number of hydrogen-bond donors (Lipinski definition) is 6. The van der Waals surface area contributed by atoms with Gasteiger partial charge in [-0.1, -0.05) is 0 Å². The van der Waals surface area contributed by atoms with Gasteiger partial charge in [-0.15, -0.1) is 0 Å². The van der Waals surface area contributed by atoms with Crippen LogP contribution < -0.4 is 5.32 Å². The fourth-order valence-electron chi connectivity index (χ4n) is 2.72. The van der Waals surface area contributed by atoms with Crippen LogP contribution in [0.15, 0.2) is 53.6 Å². The lowest BCUT2D eigenvalue weighted by molar-refractivity contribution is 0.465. The molecule has 0 radical (unpaired) electrons. The predicted octanol–water partition coefficient (Wildman–Crippen LogP) is -0.599. The number of rotatable bonds is 8. The zero-order valence-corrected chi connectivity index (χ0v) is 21.9. The standard InChI is InChI=1S/C13H13NO16S6/c1-31(15)6-4-9(34(22,23)24)11(10(5-6)35(25,26)27)14-12-7(32(16,17)18)2-3-8(33(19,20)21)13(12)36(28,29)30/h2-5,14H,1H3,(H,16,17,18)(H,19,20,21)(H,22,23,24)(H,25,26,27)(H,28,29,30). The molecular formula is C13H13NO16S6. The van der Waals surface area contributed by atoms with E-state index in [1.54, 1.807) is 5.32 Å². The Labute approximate surface area is 206 Å². The lowest BCUT2D eigenvalue weighted by Gasteiger charge is -2.19. The van der Waals surface area contributed by atoms with Crippen molar-refractivity contribution in [1.82, 2.24) is 0 Å². The van der Waals surface area contributed by atoms with Crippen LogP contribution in [0.3, 0.4) is 0 Å². The monoisotopic (exact) mass is 631 g/mol. The van der Waals surface area contributed by atoms with Gasteiger partial charge in [0.2, 0.25) is 0 Å². The van der Waals surface area contributed by atoms with Gasteiger partial charge in [0.1, 0.15) is 24.5 Å². The molecule has 2 aromatic rings. The molecule has 2 aromatic carbocycles. The van der Waals surface area contributed by atoms with Crippen molar-refractivity contribution >= 4 is 72.8 Å². The Kier molecular flexibility index (Phi) is 7.84. The molecule has 0 saturated heterocycles. The maximum absolute atomic E-state index is 12.0. The minimum absolute atomic E-state index is 0.101. The second-order valence-corrected chi connectivity index (χ2v) is 14.8. The van der Waals surface area contributed by atoms with E-state index < -0.39 is 102 Å². The SMILES string of the molecule is CS(=O)c1cc(S(=O)(=O)O)c(Nc2c(S(=O)(=O)O)ccc(S(=O)(=O)O)c2S(=O)(=O)O)c(S(=O)(=O)O)c1. The molecule has 1 atom stereocenters. The summed E-state index contributed by atoms with van der Waals surface area (Å²) in [5.74, 6) is 0. The third-order valence-electron chi connectivity index (χ3n) is 4.07. The Morgan fingerprint density at radius 3 is 1.25 bits per heavy atom. The van der Waals surface area contributed by atoms with Crippen molar-refractivity contribution < 1.29 is 69.1 Å². The molecule has 0 bridgehead atoms. The molecule has 202 valence electrons. The largest absolute Gasteiger partial charge is 0.351 e. The average molecular weight is 632 g/mol. The third kappa shape index (κ3) is 6.43. The fourth-order valence-corrected chi connectivity index (χ4v) is 7.56. The summed E-state index contributed by atoms with van der Waals surface area (Å²) in [5, 5.41) is 1.55. The van der Waals surface area contributed by atoms with Crippen molar-refractivity contribution in [3.63, 3.8) is 0 Å². The van der Waals surface area contributed by atoms with Crippen molar-refractivity contribution in [3.05, 3.63) is 24.3 Å². The van der Waals surface area contributed by atoms with E-state index in [0.29, 0.717) is 12.1 Å². The second kappa shape index (κ2) is 9.35. The molecule has 0 aliphatic rings. The van der Waals surface area contributed by atoms with E-state index in [4.69, 9.17) is 0 Å². The highest BCUT2D eigenvalue weighted by Crippen LogP contribution is 2.40. The molecular weight excluding hydrogens is 619 g/mol. The van der Waals surface area contributed by atoms with Gasteiger partial charge in [0.15, 0.2) is 0 Å². The summed E-state index contributed by atoms with van der Waals surface area (Å²) >= 11 is 0. The first-order valence-corrected chi connectivity index (χ1v) is 17.0. The van der Waals surface area contributed by atoms with Gasteiger partial charge in [0, 0.05) is 22.0 Å². The van der Waals surface area contributed by atoms with Gasteiger partial charge in [-0.3, -0.25) is 27.0 Å². The van der Waals surface area contributed by atoms with Crippen molar-refractivity contribution in [2.24, 2.45) is 0 Å². The molecule has 6 N–H and O–H groups in total. The highest BCUT2D eigenvalue weighted by Gasteiger charge is 2.35. The number of hydrogen-bond acceptors (Lipinski definition) is 12. The van der Waals surface area contributed by atoms with Crippen LogP contribution in [-0.4, -0.2) is 75.3 Å². The van der Waals surface area contributed by atoms with E-state index >= 15 is 0 Å². The van der Waals surface area contributed by atoms with E-state index in [1.165, 1.54) is 0 Å². The summed E-state index contributed by atoms with van der Waals surface area (Å²) in [6, 6.07) is 0.971. The van der Waals surface area contributed by atoms with E-state index in [-0.39, 0.29) is 12.1 Å². The first-order chi connectivity index (χ1) is 15.9. The molecule has 17 nitrogen and oxygen atoms in total. The smallest absolute Gasteiger partial charge is 0.298 e. The normalized spacial score (nSPS) is 14.4. The highest BCUT2D eigenvalue weighted by atomic mass is 32.2. The van der Waals surface area contributed by atoms with Crippen molar-refractivity contribution in [1.29, 1.82) is 0 Å². The Balaban J connectivity index is 3.31. The van der Waals surface area contributed by atoms with E-state index in [1.807, 2.05) is 0 Å². The van der Waals surface area contributed by atoms with Crippen molar-refractivity contribution in [2.45, 2.75) is 29.4 Å². The van der Waals surface area contributed by atoms with Crippen LogP contribution in [0.4, 0.5) is 11.4 Å². The molecule has 0 saturated carbocycles. The maximum atomic E-state index is 12.0. The Morgan fingerprint density at radius 1 is 0.583 bits per heavy atom. The Morgan fingerprint density at radius 2 is 0.944 bits per heavy atom. The first-order valence-electron chi connectivity index (χ1n) is 8.19. The molecule has 36 heavy (non-hydrogen) atoms. The van der Waals surface area contributed by atoms with Gasteiger partial charge < -0.3 is 5.32 Å². The van der Waals surface area contributed by atoms with Gasteiger partial charge in [-0.05, 0) is 24.3 Å². The summed E-state index contributed by atoms with van der Waals surface area (Å²) in [4.78, 5) is -9.16. The van der Waals surface area contributed by atoms with Gasteiger partial charge in [-0.2, -0.15) is 42.1 Å². The summed E-state index contributed by atoms with van der Waals surface area (Å²) in [7, 11) is -30.5. The minimum Gasteiger partial charge on any atom is -0.351 e. The third-order valence-corrected chi connectivity index (χ3v) is 9.59. The van der Waals surface area contributed by atoms with Gasteiger partial charge in [-0.25, -0.2) is 0 Å². The molecule has 2 rings (SSSR count). The summed E-state index contributed by atoms with van der Waals surface area (Å²) in [6.45, 7) is 0. The summed E-state index contributed by atoms with van der Waals surface area (Å²) in [6.07, 6.45) is 0.909. The zero-order valence-electron chi connectivity index (χ0n) is 17.0. The lowest BCUT2D eigenvalue weighted by Crippen LogP contribution is -2.17. The van der Waals surface area contributed by atoms with Crippen LogP contribution in [0.1, 0.15) is 0 Å². The van der Waals surface area contributed by atoms with Crippen molar-refractivity contribution in [2.75, 3.05) is 11.6 Å². The summed E-state index contributed by atoms with van der Waals surface area (Å²) < 4.78 is 178. The first kappa shape index (κ1) is 30.2. The number of nitrogens with one attached hydrogen (secondary N) is 1. The lowest BCUT2D eigenvalue weighted by atomic mass is 10.2. The Bertz CT molecular complexity index is 1790. The van der Waals surface area contributed by atoms with Crippen LogP contribution in [0, 0.1) is 0 Å². The second-order valence-electron chi connectivity index (χ2n) is 6.51. The highest BCUT2D eigenvalue weighted by molar-refractivity contribution is 7.89. The topological polar surface area (TPSA) is 301 Å². The minimum atomic E-state index is -5.92. The van der Waals surface area contributed by atoms with E-state index in [9.17, 15) is 69.1 Å². The molecule has 0 spiro atoms. The van der Waals surface area contributed by atoms with Gasteiger partial charge >= 0.3 is 0 Å². The number of benzene rings is 2. The Hall–Kier alpha value is -2.06. The molecule has 0 aliphatic heterocycles. The van der Waals surface area contributed by atoms with Crippen LogP contribution in [0.25, 0.3) is 0 Å². The van der Waals surface area contributed by atoms with E-state index in [2.05, 4.69) is 0 Å². The average Bonchev–Trinajstić information content (AvgIpc) is 2.63. The van der Waals surface area contributed by atoms with Crippen LogP contribution in [0.5, 0.6) is 0 Å². The van der Waals surface area contributed by atoms with Crippen molar-refractivity contribution in [3.8, 4) is 0 Å². The molecule has 0 amide bonds. The molecule has 1 unspecified atom stereocenters. The van der Waals surface area contributed by atoms with Crippen LogP contribution in [0.2, 0.25) is 0 Å². The molecule has 23 heteroatoms. The van der Waals surface area contributed by atoms with Crippen LogP contribution >= 0.6 is 0 Å². The summed E-state index contributed by atoms with van der Waals surface area (Å²) in [5.41, 5.74) is -3.29. The maximum Gasteiger partial charge on any atom is 0.298 e. The van der Waals surface area contributed by atoms with Crippen LogP contribution in [-0.2, 0) is 61.4 Å². The quantitative estimate of drug-likeness (QED) is 0.198. The fraction of sp³-hybridized carbons (Fsp3) is 0.0769. The molecule has 0 heterocycles. The molecule has 0 fully saturated rings.